The highest BCUT2D eigenvalue weighted by atomic mass is 32.2. The van der Waals surface area contributed by atoms with E-state index in [1.807, 2.05) is 0 Å². The van der Waals surface area contributed by atoms with E-state index in [9.17, 15) is 0 Å². The molecule has 0 fully saturated rings. The Balaban J connectivity index is 2.28. The molecule has 2 aromatic heterocycles. The minimum Gasteiger partial charge on any atom is -0.381 e. The van der Waals surface area contributed by atoms with Crippen LogP contribution in [0.1, 0.15) is 0 Å². The molecule has 72 valence electrons. The molecule has 14 heavy (non-hydrogen) atoms. The maximum absolute atomic E-state index is 5.61. The Morgan fingerprint density at radius 3 is 2.79 bits per heavy atom. The van der Waals surface area contributed by atoms with E-state index < -0.39 is 0 Å². The predicted octanol–water partition coefficient (Wildman–Crippen LogP) is -0.267. The summed E-state index contributed by atoms with van der Waals surface area (Å²) in [5, 5.41) is 12.2. The topological polar surface area (TPSA) is 95.4 Å². The third kappa shape index (κ3) is 1.64. The van der Waals surface area contributed by atoms with Crippen LogP contribution in [-0.4, -0.2) is 30.2 Å². The number of hydrogen-bond acceptors (Lipinski definition) is 7. The van der Waals surface area contributed by atoms with Crippen LogP contribution >= 0.6 is 11.8 Å². The molecule has 2 aromatic rings. The fourth-order valence-electron chi connectivity index (χ4n) is 0.809. The van der Waals surface area contributed by atoms with Crippen LogP contribution in [0.2, 0.25) is 0 Å². The lowest BCUT2D eigenvalue weighted by atomic mass is 10.7. The van der Waals surface area contributed by atoms with Crippen molar-refractivity contribution >= 4 is 17.6 Å². The summed E-state index contributed by atoms with van der Waals surface area (Å²) in [5.41, 5.74) is 5.61. The third-order valence-electron chi connectivity index (χ3n) is 1.46. The van der Waals surface area contributed by atoms with Gasteiger partial charge in [0.15, 0.2) is 5.82 Å². The molecule has 7 nitrogen and oxygen atoms in total. The molecule has 0 radical (unpaired) electrons. The van der Waals surface area contributed by atoms with Crippen LogP contribution in [0.15, 0.2) is 22.6 Å². The lowest BCUT2D eigenvalue weighted by molar-refractivity contribution is 0.664. The molecule has 0 unspecified atom stereocenters. The Morgan fingerprint density at radius 1 is 1.36 bits per heavy atom. The molecule has 0 atom stereocenters. The van der Waals surface area contributed by atoms with Gasteiger partial charge in [0.05, 0.1) is 0 Å². The van der Waals surface area contributed by atoms with Crippen LogP contribution in [0, 0.1) is 0 Å². The van der Waals surface area contributed by atoms with E-state index >= 15 is 0 Å². The second-order valence-electron chi connectivity index (χ2n) is 2.43. The first kappa shape index (κ1) is 8.88. The molecular formula is C6H7N7S. The van der Waals surface area contributed by atoms with Gasteiger partial charge in [-0.3, -0.25) is 0 Å². The Morgan fingerprint density at radius 2 is 2.14 bits per heavy atom. The maximum Gasteiger partial charge on any atom is 0.215 e. The number of aromatic nitrogens is 6. The smallest absolute Gasteiger partial charge is 0.215 e. The highest BCUT2D eigenvalue weighted by molar-refractivity contribution is 7.99. The van der Waals surface area contributed by atoms with Crippen LogP contribution in [0.5, 0.6) is 0 Å². The van der Waals surface area contributed by atoms with Crippen LogP contribution in [0.4, 0.5) is 5.82 Å². The van der Waals surface area contributed by atoms with Gasteiger partial charge in [-0.05, 0) is 22.2 Å². The molecule has 0 aliphatic carbocycles. The van der Waals surface area contributed by atoms with E-state index in [4.69, 9.17) is 5.73 Å². The molecule has 0 aromatic carbocycles. The molecule has 2 rings (SSSR count). The standard InChI is InChI=1S/C6H7N7S/c1-13-6(10-11-12-13)14-5-4(7)8-2-3-9-5/h2-3H,1H3,(H2,7,8). The number of anilines is 1. The van der Waals surface area contributed by atoms with E-state index in [-0.39, 0.29) is 0 Å². The van der Waals surface area contributed by atoms with Crippen LogP contribution in [-0.2, 0) is 7.05 Å². The molecule has 0 saturated carbocycles. The lowest BCUT2D eigenvalue weighted by Gasteiger charge is -1.99. The minimum absolute atomic E-state index is 0.375. The van der Waals surface area contributed by atoms with E-state index in [1.54, 1.807) is 17.9 Å². The molecule has 0 saturated heterocycles. The first-order valence-corrected chi connectivity index (χ1v) is 4.55. The van der Waals surface area contributed by atoms with Gasteiger partial charge in [-0.1, -0.05) is 0 Å². The Kier molecular flexibility index (Phi) is 2.27. The van der Waals surface area contributed by atoms with Gasteiger partial charge in [0, 0.05) is 19.4 Å². The normalized spacial score (nSPS) is 10.4. The van der Waals surface area contributed by atoms with Crippen molar-refractivity contribution in [3.63, 3.8) is 0 Å². The zero-order valence-electron chi connectivity index (χ0n) is 7.32. The number of nitrogen functional groups attached to an aromatic ring is 1. The number of nitrogens with two attached hydrogens (primary N) is 1. The van der Waals surface area contributed by atoms with Crippen molar-refractivity contribution in [1.29, 1.82) is 0 Å². The number of hydrogen-bond donors (Lipinski definition) is 1. The summed E-state index contributed by atoms with van der Waals surface area (Å²) in [6.07, 6.45) is 3.11. The average molecular weight is 209 g/mol. The van der Waals surface area contributed by atoms with E-state index in [2.05, 4.69) is 25.5 Å². The number of rotatable bonds is 2. The summed E-state index contributed by atoms with van der Waals surface area (Å²) in [6, 6.07) is 0. The van der Waals surface area contributed by atoms with Crippen molar-refractivity contribution < 1.29 is 0 Å². The van der Waals surface area contributed by atoms with Crippen molar-refractivity contribution in [3.05, 3.63) is 12.4 Å². The molecule has 0 bridgehead atoms. The van der Waals surface area contributed by atoms with Crippen molar-refractivity contribution in [2.75, 3.05) is 5.73 Å². The second kappa shape index (κ2) is 3.58. The Labute approximate surface area is 83.7 Å². The zero-order valence-corrected chi connectivity index (χ0v) is 8.14. The molecule has 0 spiro atoms. The fourth-order valence-corrected chi connectivity index (χ4v) is 1.50. The van der Waals surface area contributed by atoms with Gasteiger partial charge in [0.1, 0.15) is 5.03 Å². The highest BCUT2D eigenvalue weighted by Gasteiger charge is 2.08. The quantitative estimate of drug-likeness (QED) is 0.727. The largest absolute Gasteiger partial charge is 0.381 e. The first-order chi connectivity index (χ1) is 6.77. The Bertz CT molecular complexity index is 439. The molecule has 8 heteroatoms. The minimum atomic E-state index is 0.375. The molecule has 2 N–H and O–H groups in total. The van der Waals surface area contributed by atoms with Crippen molar-refractivity contribution in [1.82, 2.24) is 30.2 Å². The third-order valence-corrected chi connectivity index (χ3v) is 2.50. The summed E-state index contributed by atoms with van der Waals surface area (Å²) in [5.74, 6) is 0.375. The maximum atomic E-state index is 5.61. The fraction of sp³-hybridized carbons (Fsp3) is 0.167. The number of tetrazole rings is 1. The van der Waals surface area contributed by atoms with Gasteiger partial charge in [0.25, 0.3) is 0 Å². The summed E-state index contributed by atoms with van der Waals surface area (Å²) in [6.45, 7) is 0. The summed E-state index contributed by atoms with van der Waals surface area (Å²) >= 11 is 1.28. The summed E-state index contributed by atoms with van der Waals surface area (Å²) < 4.78 is 1.54. The molecule has 0 amide bonds. The zero-order chi connectivity index (χ0) is 9.97. The predicted molar refractivity (Wildman–Crippen MR) is 49.4 cm³/mol. The van der Waals surface area contributed by atoms with Gasteiger partial charge in [-0.15, -0.1) is 5.10 Å². The molecule has 2 heterocycles. The number of nitrogens with zero attached hydrogens (tertiary/aromatic N) is 6. The van der Waals surface area contributed by atoms with Gasteiger partial charge in [-0.25, -0.2) is 14.6 Å². The van der Waals surface area contributed by atoms with Crippen LogP contribution < -0.4 is 5.73 Å². The Hall–Kier alpha value is -1.70. The van der Waals surface area contributed by atoms with Crippen LogP contribution in [0.25, 0.3) is 0 Å². The lowest BCUT2D eigenvalue weighted by Crippen LogP contribution is -1.97. The SMILES string of the molecule is Cn1nnnc1Sc1nccnc1N. The van der Waals surface area contributed by atoms with Gasteiger partial charge >= 0.3 is 0 Å². The molecule has 0 aliphatic heterocycles. The van der Waals surface area contributed by atoms with E-state index in [1.165, 1.54) is 18.0 Å². The monoisotopic (exact) mass is 209 g/mol. The summed E-state index contributed by atoms with van der Waals surface area (Å²) in [4.78, 5) is 7.97. The van der Waals surface area contributed by atoms with Crippen LogP contribution in [0.3, 0.4) is 0 Å². The van der Waals surface area contributed by atoms with E-state index in [0.717, 1.165) is 0 Å². The van der Waals surface area contributed by atoms with Crippen molar-refractivity contribution in [2.45, 2.75) is 10.2 Å². The second-order valence-corrected chi connectivity index (χ2v) is 3.39. The van der Waals surface area contributed by atoms with Crippen molar-refractivity contribution in [2.24, 2.45) is 7.05 Å². The highest BCUT2D eigenvalue weighted by Crippen LogP contribution is 2.25. The first-order valence-electron chi connectivity index (χ1n) is 3.74. The van der Waals surface area contributed by atoms with Gasteiger partial charge in [-0.2, -0.15) is 0 Å². The number of aryl methyl sites for hydroxylation is 1. The van der Waals surface area contributed by atoms with Gasteiger partial charge < -0.3 is 5.73 Å². The van der Waals surface area contributed by atoms with Crippen molar-refractivity contribution in [3.8, 4) is 0 Å². The molecule has 0 aliphatic rings. The van der Waals surface area contributed by atoms with E-state index in [0.29, 0.717) is 16.0 Å². The average Bonchev–Trinajstić information content (AvgIpc) is 2.56. The summed E-state index contributed by atoms with van der Waals surface area (Å²) in [7, 11) is 1.74. The van der Waals surface area contributed by atoms with Gasteiger partial charge in [0.2, 0.25) is 5.16 Å². The molecular weight excluding hydrogens is 202 g/mol.